The van der Waals surface area contributed by atoms with Crippen LogP contribution in [-0.4, -0.2) is 27.7 Å². The molecule has 0 radical (unpaired) electrons. The molecule has 1 fully saturated rings. The molecule has 1 saturated heterocycles. The number of nitrogens with one attached hydrogen (secondary N) is 1. The molecule has 1 aromatic rings. The van der Waals surface area contributed by atoms with Gasteiger partial charge in [0.15, 0.2) is 0 Å². The van der Waals surface area contributed by atoms with Crippen LogP contribution in [0.5, 0.6) is 0 Å². The maximum Gasteiger partial charge on any atom is 0.241 e. The third kappa shape index (κ3) is 3.50. The number of ether oxygens (including phenoxy) is 1. The average molecular weight is 288 g/mol. The summed E-state index contributed by atoms with van der Waals surface area (Å²) in [5, 5.41) is 0. The van der Waals surface area contributed by atoms with Crippen LogP contribution in [0.3, 0.4) is 0 Å². The molecule has 7 heteroatoms. The normalized spacial score (nSPS) is 17.6. The molecule has 1 aliphatic heterocycles. The van der Waals surface area contributed by atoms with E-state index >= 15 is 0 Å². The van der Waals surface area contributed by atoms with Crippen molar-refractivity contribution in [1.82, 2.24) is 4.72 Å². The summed E-state index contributed by atoms with van der Waals surface area (Å²) in [6, 6.07) is 3.43. The highest BCUT2D eigenvalue weighted by atomic mass is 32.2. The van der Waals surface area contributed by atoms with Gasteiger partial charge in [0.2, 0.25) is 10.0 Å². The van der Waals surface area contributed by atoms with Gasteiger partial charge in [-0.05, 0) is 30.5 Å². The predicted octanol–water partition coefficient (Wildman–Crippen LogP) is 0.742. The van der Waals surface area contributed by atoms with Crippen molar-refractivity contribution in [3.05, 3.63) is 29.6 Å². The third-order valence-electron chi connectivity index (χ3n) is 3.08. The minimum Gasteiger partial charge on any atom is -0.381 e. The second-order valence-corrected chi connectivity index (χ2v) is 6.15. The topological polar surface area (TPSA) is 81.4 Å². The number of benzene rings is 1. The number of nitrogens with two attached hydrogens (primary N) is 1. The van der Waals surface area contributed by atoms with E-state index in [4.69, 9.17) is 10.5 Å². The zero-order valence-corrected chi connectivity index (χ0v) is 11.2. The lowest BCUT2D eigenvalue weighted by atomic mass is 10.1. The van der Waals surface area contributed by atoms with E-state index in [1.807, 2.05) is 0 Å². The smallest absolute Gasteiger partial charge is 0.241 e. The quantitative estimate of drug-likeness (QED) is 0.856. The van der Waals surface area contributed by atoms with Crippen molar-refractivity contribution in [2.45, 2.75) is 30.3 Å². The SMILES string of the molecule is NCc1ccc(F)cc1S(=O)(=O)NC1CCOCC1. The molecule has 106 valence electrons. The second kappa shape index (κ2) is 5.96. The highest BCUT2D eigenvalue weighted by Gasteiger charge is 2.24. The van der Waals surface area contributed by atoms with Crippen molar-refractivity contribution in [3.8, 4) is 0 Å². The van der Waals surface area contributed by atoms with Gasteiger partial charge in [0, 0.05) is 25.8 Å². The van der Waals surface area contributed by atoms with Gasteiger partial charge in [0.05, 0.1) is 4.90 Å². The van der Waals surface area contributed by atoms with Gasteiger partial charge in [0.1, 0.15) is 5.82 Å². The van der Waals surface area contributed by atoms with Gasteiger partial charge >= 0.3 is 0 Å². The number of sulfonamides is 1. The first-order valence-electron chi connectivity index (χ1n) is 6.11. The minimum absolute atomic E-state index is 0.0459. The Labute approximate surface area is 112 Å². The van der Waals surface area contributed by atoms with Gasteiger partial charge in [0.25, 0.3) is 0 Å². The lowest BCUT2D eigenvalue weighted by Crippen LogP contribution is -2.39. The van der Waals surface area contributed by atoms with Crippen LogP contribution in [0, 0.1) is 5.82 Å². The minimum atomic E-state index is -3.75. The standard InChI is InChI=1S/C12H17FN2O3S/c13-10-2-1-9(8-14)12(7-10)19(16,17)15-11-3-5-18-6-4-11/h1-2,7,11,15H,3-6,8,14H2. The maximum absolute atomic E-state index is 13.2. The molecule has 0 aliphatic carbocycles. The molecule has 2 rings (SSSR count). The van der Waals surface area contributed by atoms with Crippen LogP contribution in [0.2, 0.25) is 0 Å². The van der Waals surface area contributed by atoms with E-state index in [-0.39, 0.29) is 17.5 Å². The Kier molecular flexibility index (Phi) is 4.51. The summed E-state index contributed by atoms with van der Waals surface area (Å²) in [6.07, 6.45) is 1.24. The van der Waals surface area contributed by atoms with Crippen LogP contribution in [0.1, 0.15) is 18.4 Å². The van der Waals surface area contributed by atoms with Gasteiger partial charge in [-0.25, -0.2) is 17.5 Å². The van der Waals surface area contributed by atoms with E-state index in [0.717, 1.165) is 6.07 Å². The fourth-order valence-corrected chi connectivity index (χ4v) is 3.61. The first-order chi connectivity index (χ1) is 9.03. The van der Waals surface area contributed by atoms with Gasteiger partial charge in [-0.2, -0.15) is 0 Å². The monoisotopic (exact) mass is 288 g/mol. The summed E-state index contributed by atoms with van der Waals surface area (Å²) < 4.78 is 45.5. The van der Waals surface area contributed by atoms with E-state index in [9.17, 15) is 12.8 Å². The fraction of sp³-hybridized carbons (Fsp3) is 0.500. The van der Waals surface area contributed by atoms with Crippen molar-refractivity contribution in [3.63, 3.8) is 0 Å². The number of hydrogen-bond donors (Lipinski definition) is 2. The molecular weight excluding hydrogens is 271 g/mol. The summed E-state index contributed by atoms with van der Waals surface area (Å²) in [4.78, 5) is -0.0820. The number of hydrogen-bond acceptors (Lipinski definition) is 4. The van der Waals surface area contributed by atoms with Crippen LogP contribution in [0.25, 0.3) is 0 Å². The molecular formula is C12H17FN2O3S. The lowest BCUT2D eigenvalue weighted by Gasteiger charge is -2.23. The van der Waals surface area contributed by atoms with E-state index in [1.54, 1.807) is 0 Å². The first-order valence-corrected chi connectivity index (χ1v) is 7.60. The molecule has 0 amide bonds. The Morgan fingerprint density at radius 2 is 2.05 bits per heavy atom. The highest BCUT2D eigenvalue weighted by Crippen LogP contribution is 2.19. The Morgan fingerprint density at radius 3 is 2.68 bits per heavy atom. The second-order valence-electron chi connectivity index (χ2n) is 4.46. The summed E-state index contributed by atoms with van der Waals surface area (Å²) in [5.74, 6) is -0.593. The van der Waals surface area contributed by atoms with Crippen molar-refractivity contribution in [2.24, 2.45) is 5.73 Å². The highest BCUT2D eigenvalue weighted by molar-refractivity contribution is 7.89. The average Bonchev–Trinajstić information content (AvgIpc) is 2.39. The predicted molar refractivity (Wildman–Crippen MR) is 68.5 cm³/mol. The Hall–Kier alpha value is -1.02. The summed E-state index contributed by atoms with van der Waals surface area (Å²) in [5.41, 5.74) is 5.90. The van der Waals surface area contributed by atoms with Crippen molar-refractivity contribution >= 4 is 10.0 Å². The first kappa shape index (κ1) is 14.4. The van der Waals surface area contributed by atoms with Gasteiger partial charge in [-0.3, -0.25) is 0 Å². The Balaban J connectivity index is 2.25. The molecule has 19 heavy (non-hydrogen) atoms. The molecule has 1 heterocycles. The molecule has 1 aromatic carbocycles. The van der Waals surface area contributed by atoms with Crippen LogP contribution < -0.4 is 10.5 Å². The van der Waals surface area contributed by atoms with Crippen molar-refractivity contribution in [1.29, 1.82) is 0 Å². The molecule has 3 N–H and O–H groups in total. The molecule has 1 aliphatic rings. The molecule has 0 bridgehead atoms. The van der Waals surface area contributed by atoms with Crippen LogP contribution in [0.4, 0.5) is 4.39 Å². The third-order valence-corrected chi connectivity index (χ3v) is 4.68. The zero-order chi connectivity index (χ0) is 13.9. The molecule has 0 spiro atoms. The molecule has 0 aromatic heterocycles. The molecule has 0 saturated carbocycles. The van der Waals surface area contributed by atoms with Crippen LogP contribution in [-0.2, 0) is 21.3 Å². The summed E-state index contributed by atoms with van der Waals surface area (Å²) >= 11 is 0. The molecule has 0 unspecified atom stereocenters. The van der Waals surface area contributed by atoms with Gasteiger partial charge in [-0.1, -0.05) is 6.07 Å². The maximum atomic E-state index is 13.2. The van der Waals surface area contributed by atoms with Crippen LogP contribution >= 0.6 is 0 Å². The van der Waals surface area contributed by atoms with E-state index in [1.165, 1.54) is 12.1 Å². The van der Waals surface area contributed by atoms with Gasteiger partial charge < -0.3 is 10.5 Å². The Bertz CT molecular complexity index is 542. The largest absolute Gasteiger partial charge is 0.381 e. The van der Waals surface area contributed by atoms with E-state index in [0.29, 0.717) is 31.6 Å². The van der Waals surface area contributed by atoms with Crippen molar-refractivity contribution < 1.29 is 17.5 Å². The molecule has 5 nitrogen and oxygen atoms in total. The lowest BCUT2D eigenvalue weighted by molar-refractivity contribution is 0.0832. The van der Waals surface area contributed by atoms with E-state index < -0.39 is 15.8 Å². The van der Waals surface area contributed by atoms with Gasteiger partial charge in [-0.15, -0.1) is 0 Å². The summed E-state index contributed by atoms with van der Waals surface area (Å²) in [7, 11) is -3.75. The van der Waals surface area contributed by atoms with Crippen molar-refractivity contribution in [2.75, 3.05) is 13.2 Å². The van der Waals surface area contributed by atoms with E-state index in [2.05, 4.69) is 4.72 Å². The van der Waals surface area contributed by atoms with Crippen LogP contribution in [0.15, 0.2) is 23.1 Å². The summed E-state index contributed by atoms with van der Waals surface area (Å²) in [6.45, 7) is 1.10. The number of halogens is 1. The molecule has 0 atom stereocenters. The fourth-order valence-electron chi connectivity index (χ4n) is 2.05. The number of rotatable bonds is 4. The zero-order valence-electron chi connectivity index (χ0n) is 10.4. The Morgan fingerprint density at radius 1 is 1.37 bits per heavy atom.